The lowest BCUT2D eigenvalue weighted by Crippen LogP contribution is -2.40. The van der Waals surface area contributed by atoms with Crippen LogP contribution in [0.3, 0.4) is 0 Å². The molecule has 0 unspecified atom stereocenters. The summed E-state index contributed by atoms with van der Waals surface area (Å²) in [6.45, 7) is 3.75. The van der Waals surface area contributed by atoms with Crippen LogP contribution in [-0.2, 0) is 17.5 Å². The number of nitrogen functional groups attached to an aromatic ring is 1. The Bertz CT molecular complexity index is 928. The number of hydrogen-bond donors (Lipinski definition) is 2. The van der Waals surface area contributed by atoms with Gasteiger partial charge >= 0.3 is 6.18 Å². The molecular weight excluding hydrogens is 423 g/mol. The Labute approximate surface area is 184 Å². The van der Waals surface area contributed by atoms with Crippen LogP contribution < -0.4 is 26.4 Å². The van der Waals surface area contributed by atoms with Gasteiger partial charge in [-0.15, -0.1) is 0 Å². The maximum Gasteiger partial charge on any atom is 0.416 e. The zero-order valence-corrected chi connectivity index (χ0v) is 17.8. The van der Waals surface area contributed by atoms with Gasteiger partial charge in [-0.1, -0.05) is 18.2 Å². The summed E-state index contributed by atoms with van der Waals surface area (Å²) in [7, 11) is 0. The molecule has 2 saturated heterocycles. The quantitative estimate of drug-likeness (QED) is 0.529. The summed E-state index contributed by atoms with van der Waals surface area (Å²) >= 11 is 0. The molecule has 174 valence electrons. The molecule has 0 bridgehead atoms. The number of halogens is 3. The number of morpholine rings is 1. The standard InChI is InChI=1S/C21H28F3N7O/c22-21(23,24)16-7-3-2-6-15(16)14-31(26)19-17(25)18(29-8-4-1-5-9-29)27-20(28-19)30-10-12-32-13-11-30/h2-3,6-7H,1,4-5,8-14,25-26H2. The minimum absolute atomic E-state index is 0.0490. The molecule has 4 N–H and O–H groups in total. The zero-order valence-electron chi connectivity index (χ0n) is 17.8. The smallest absolute Gasteiger partial charge is 0.393 e. The van der Waals surface area contributed by atoms with E-state index in [-0.39, 0.29) is 23.6 Å². The molecule has 32 heavy (non-hydrogen) atoms. The van der Waals surface area contributed by atoms with E-state index in [1.165, 1.54) is 17.1 Å². The van der Waals surface area contributed by atoms with Crippen LogP contribution in [0.15, 0.2) is 24.3 Å². The Hall–Kier alpha value is -2.79. The summed E-state index contributed by atoms with van der Waals surface area (Å²) in [6.07, 6.45) is -1.29. The second-order valence-electron chi connectivity index (χ2n) is 8.01. The van der Waals surface area contributed by atoms with Gasteiger partial charge in [-0.3, -0.25) is 5.01 Å². The molecule has 0 aliphatic carbocycles. The van der Waals surface area contributed by atoms with Crippen molar-refractivity contribution in [3.05, 3.63) is 35.4 Å². The number of anilines is 4. The van der Waals surface area contributed by atoms with Gasteiger partial charge in [0.15, 0.2) is 11.6 Å². The van der Waals surface area contributed by atoms with Crippen molar-refractivity contribution in [2.45, 2.75) is 32.0 Å². The lowest BCUT2D eigenvalue weighted by molar-refractivity contribution is -0.138. The van der Waals surface area contributed by atoms with Gasteiger partial charge in [-0.25, -0.2) is 5.84 Å². The first-order chi connectivity index (χ1) is 15.3. The van der Waals surface area contributed by atoms with E-state index in [2.05, 4.69) is 9.88 Å². The SMILES string of the molecule is Nc1c(N(N)Cc2ccccc2C(F)(F)F)nc(N2CCOCC2)nc1N1CCCCC1. The predicted octanol–water partition coefficient (Wildman–Crippen LogP) is 2.78. The average Bonchev–Trinajstić information content (AvgIpc) is 2.80. The van der Waals surface area contributed by atoms with Crippen molar-refractivity contribution in [3.8, 4) is 0 Å². The van der Waals surface area contributed by atoms with Crippen molar-refractivity contribution in [2.24, 2.45) is 5.84 Å². The average molecular weight is 451 g/mol. The lowest BCUT2D eigenvalue weighted by Gasteiger charge is -2.33. The van der Waals surface area contributed by atoms with Gasteiger partial charge in [0, 0.05) is 26.2 Å². The van der Waals surface area contributed by atoms with Gasteiger partial charge in [0.25, 0.3) is 0 Å². The second-order valence-corrected chi connectivity index (χ2v) is 8.01. The molecule has 2 aliphatic heterocycles. The van der Waals surface area contributed by atoms with E-state index in [4.69, 9.17) is 21.3 Å². The highest BCUT2D eigenvalue weighted by Crippen LogP contribution is 2.36. The normalized spacial score (nSPS) is 17.5. The van der Waals surface area contributed by atoms with E-state index in [0.29, 0.717) is 38.1 Å². The third-order valence-electron chi connectivity index (χ3n) is 5.78. The predicted molar refractivity (Wildman–Crippen MR) is 117 cm³/mol. The number of benzene rings is 1. The number of hydrogen-bond acceptors (Lipinski definition) is 8. The molecule has 0 radical (unpaired) electrons. The summed E-state index contributed by atoms with van der Waals surface area (Å²) < 4.78 is 45.8. The summed E-state index contributed by atoms with van der Waals surface area (Å²) in [6, 6.07) is 5.37. The maximum absolute atomic E-state index is 13.5. The molecule has 1 aromatic heterocycles. The van der Waals surface area contributed by atoms with E-state index < -0.39 is 11.7 Å². The molecule has 3 heterocycles. The van der Waals surface area contributed by atoms with Gasteiger partial charge in [0.1, 0.15) is 5.69 Å². The van der Waals surface area contributed by atoms with Crippen LogP contribution in [0, 0.1) is 0 Å². The van der Waals surface area contributed by atoms with Crippen molar-refractivity contribution in [3.63, 3.8) is 0 Å². The van der Waals surface area contributed by atoms with Gasteiger partial charge in [-0.2, -0.15) is 23.1 Å². The monoisotopic (exact) mass is 451 g/mol. The summed E-state index contributed by atoms with van der Waals surface area (Å²) in [4.78, 5) is 13.4. The van der Waals surface area contributed by atoms with Crippen molar-refractivity contribution in [1.29, 1.82) is 0 Å². The van der Waals surface area contributed by atoms with Crippen LogP contribution in [0.5, 0.6) is 0 Å². The van der Waals surface area contributed by atoms with E-state index in [0.717, 1.165) is 38.4 Å². The Balaban J connectivity index is 1.70. The number of alkyl halides is 3. The fourth-order valence-corrected chi connectivity index (χ4v) is 4.10. The highest BCUT2D eigenvalue weighted by Gasteiger charge is 2.33. The lowest BCUT2D eigenvalue weighted by atomic mass is 10.1. The van der Waals surface area contributed by atoms with E-state index >= 15 is 0 Å². The topological polar surface area (TPSA) is 96.8 Å². The van der Waals surface area contributed by atoms with Crippen LogP contribution in [0.4, 0.5) is 36.4 Å². The van der Waals surface area contributed by atoms with Crippen LogP contribution in [0.25, 0.3) is 0 Å². The zero-order chi connectivity index (χ0) is 22.7. The first-order valence-electron chi connectivity index (χ1n) is 10.8. The minimum atomic E-state index is -4.48. The molecule has 0 amide bonds. The maximum atomic E-state index is 13.5. The summed E-state index contributed by atoms with van der Waals surface area (Å²) in [5, 5.41) is 1.18. The number of aromatic nitrogens is 2. The minimum Gasteiger partial charge on any atom is -0.393 e. The van der Waals surface area contributed by atoms with Crippen LogP contribution in [0.1, 0.15) is 30.4 Å². The number of ether oxygens (including phenoxy) is 1. The second kappa shape index (κ2) is 9.37. The molecule has 0 atom stereocenters. The van der Waals surface area contributed by atoms with Crippen molar-refractivity contribution in [2.75, 3.05) is 59.9 Å². The number of piperidine rings is 1. The summed E-state index contributed by atoms with van der Waals surface area (Å²) in [5.41, 5.74) is 6.03. The molecule has 2 fully saturated rings. The molecular formula is C21H28F3N7O. The molecule has 8 nitrogen and oxygen atoms in total. The molecule has 2 aliphatic rings. The summed E-state index contributed by atoms with van der Waals surface area (Å²) in [5.74, 6) is 7.53. The molecule has 2 aromatic rings. The van der Waals surface area contributed by atoms with Crippen molar-refractivity contribution >= 4 is 23.3 Å². The van der Waals surface area contributed by atoms with Crippen LogP contribution >= 0.6 is 0 Å². The third-order valence-corrected chi connectivity index (χ3v) is 5.78. The van der Waals surface area contributed by atoms with Gasteiger partial charge < -0.3 is 20.3 Å². The van der Waals surface area contributed by atoms with E-state index in [1.54, 1.807) is 6.07 Å². The molecule has 0 spiro atoms. The highest BCUT2D eigenvalue weighted by molar-refractivity contribution is 5.77. The molecule has 11 heteroatoms. The first-order valence-corrected chi connectivity index (χ1v) is 10.8. The first kappa shape index (κ1) is 22.4. The molecule has 1 aromatic carbocycles. The fraction of sp³-hybridized carbons (Fsp3) is 0.524. The molecule has 4 rings (SSSR count). The number of nitrogens with two attached hydrogens (primary N) is 2. The Kier molecular flexibility index (Phi) is 6.56. The van der Waals surface area contributed by atoms with Gasteiger partial charge in [0.2, 0.25) is 5.95 Å². The van der Waals surface area contributed by atoms with Crippen molar-refractivity contribution in [1.82, 2.24) is 9.97 Å². The van der Waals surface area contributed by atoms with Crippen LogP contribution in [-0.4, -0.2) is 49.4 Å². The van der Waals surface area contributed by atoms with E-state index in [1.807, 2.05) is 4.90 Å². The Morgan fingerprint density at radius 2 is 1.66 bits per heavy atom. The third kappa shape index (κ3) is 4.83. The van der Waals surface area contributed by atoms with Crippen LogP contribution in [0.2, 0.25) is 0 Å². The highest BCUT2D eigenvalue weighted by atomic mass is 19.4. The Morgan fingerprint density at radius 3 is 2.34 bits per heavy atom. The molecule has 0 saturated carbocycles. The number of rotatable bonds is 5. The fourth-order valence-electron chi connectivity index (χ4n) is 4.10. The van der Waals surface area contributed by atoms with Gasteiger partial charge in [-0.05, 0) is 30.9 Å². The van der Waals surface area contributed by atoms with E-state index in [9.17, 15) is 13.2 Å². The van der Waals surface area contributed by atoms with Gasteiger partial charge in [0.05, 0.1) is 25.3 Å². The number of hydrazine groups is 1. The number of nitrogens with zero attached hydrogens (tertiary/aromatic N) is 5. The van der Waals surface area contributed by atoms with Crippen molar-refractivity contribution < 1.29 is 17.9 Å². The largest absolute Gasteiger partial charge is 0.416 e. The Morgan fingerprint density at radius 1 is 0.969 bits per heavy atom.